The minimum absolute atomic E-state index is 0.321. The molecule has 0 bridgehead atoms. The molecular formula is C16H13ClN2O4S. The van der Waals surface area contributed by atoms with E-state index in [9.17, 15) is 9.59 Å². The van der Waals surface area contributed by atoms with E-state index in [1.807, 2.05) is 6.07 Å². The Labute approximate surface area is 147 Å². The number of carbonyl (C=O) groups excluding carboxylic acids is 2. The largest absolute Gasteiger partial charge is 0.482 e. The van der Waals surface area contributed by atoms with Gasteiger partial charge >= 0.3 is 5.97 Å². The molecule has 1 heterocycles. The molecule has 1 amide bonds. The average molecular weight is 365 g/mol. The van der Waals surface area contributed by atoms with Crippen LogP contribution in [-0.4, -0.2) is 25.1 Å². The summed E-state index contributed by atoms with van der Waals surface area (Å²) in [5, 5.41) is 14.0. The maximum Gasteiger partial charge on any atom is 0.344 e. The number of amides is 1. The highest BCUT2D eigenvalue weighted by atomic mass is 35.5. The Balaban J connectivity index is 1.76. The smallest absolute Gasteiger partial charge is 0.344 e. The van der Waals surface area contributed by atoms with Gasteiger partial charge in [-0.05, 0) is 42.1 Å². The normalized spacial score (nSPS) is 9.88. The van der Waals surface area contributed by atoms with Crippen molar-refractivity contribution in [3.8, 4) is 11.8 Å². The summed E-state index contributed by atoms with van der Waals surface area (Å²) in [4.78, 5) is 23.3. The molecule has 1 N–H and O–H groups in total. The van der Waals surface area contributed by atoms with Crippen LogP contribution in [0.3, 0.4) is 0 Å². The van der Waals surface area contributed by atoms with E-state index >= 15 is 0 Å². The fourth-order valence-corrected chi connectivity index (χ4v) is 2.74. The van der Waals surface area contributed by atoms with E-state index in [-0.39, 0.29) is 6.61 Å². The van der Waals surface area contributed by atoms with Crippen LogP contribution in [0.4, 0.5) is 5.00 Å². The molecule has 0 fully saturated rings. The summed E-state index contributed by atoms with van der Waals surface area (Å²) in [6.45, 7) is 1.02. The van der Waals surface area contributed by atoms with Crippen molar-refractivity contribution in [1.82, 2.24) is 0 Å². The lowest BCUT2D eigenvalue weighted by atomic mass is 10.2. The molecule has 0 aliphatic carbocycles. The first kappa shape index (κ1) is 17.8. The second kappa shape index (κ2) is 8.34. The van der Waals surface area contributed by atoms with Gasteiger partial charge in [0.15, 0.2) is 13.2 Å². The SMILES string of the molecule is Cc1cc(Cl)ccc1OCC(=O)OCC(=O)Nc1sccc1C#N. The lowest BCUT2D eigenvalue weighted by Gasteiger charge is -2.09. The van der Waals surface area contributed by atoms with Crippen LogP contribution in [-0.2, 0) is 14.3 Å². The van der Waals surface area contributed by atoms with E-state index in [1.165, 1.54) is 11.3 Å². The van der Waals surface area contributed by atoms with Crippen molar-refractivity contribution >= 4 is 39.8 Å². The van der Waals surface area contributed by atoms with Crippen molar-refractivity contribution in [2.45, 2.75) is 6.92 Å². The summed E-state index contributed by atoms with van der Waals surface area (Å²) in [6.07, 6.45) is 0. The average Bonchev–Trinajstić information content (AvgIpc) is 2.99. The van der Waals surface area contributed by atoms with Crippen molar-refractivity contribution < 1.29 is 19.1 Å². The van der Waals surface area contributed by atoms with Gasteiger partial charge in [-0.3, -0.25) is 4.79 Å². The Morgan fingerprint density at radius 2 is 2.12 bits per heavy atom. The predicted octanol–water partition coefficient (Wildman–Crippen LogP) is 3.14. The van der Waals surface area contributed by atoms with Gasteiger partial charge in [-0.1, -0.05) is 11.6 Å². The number of carbonyl (C=O) groups is 2. The van der Waals surface area contributed by atoms with Crippen molar-refractivity contribution in [2.75, 3.05) is 18.5 Å². The Morgan fingerprint density at radius 1 is 1.33 bits per heavy atom. The van der Waals surface area contributed by atoms with E-state index in [1.54, 1.807) is 36.6 Å². The first-order chi connectivity index (χ1) is 11.5. The number of rotatable bonds is 6. The van der Waals surface area contributed by atoms with Crippen LogP contribution in [0.2, 0.25) is 5.02 Å². The number of thiophene rings is 1. The fraction of sp³-hybridized carbons (Fsp3) is 0.188. The van der Waals surface area contributed by atoms with Crippen LogP contribution in [0.1, 0.15) is 11.1 Å². The minimum atomic E-state index is -0.675. The van der Waals surface area contributed by atoms with Gasteiger partial charge in [-0.2, -0.15) is 5.26 Å². The number of hydrogen-bond donors (Lipinski definition) is 1. The van der Waals surface area contributed by atoms with Crippen molar-refractivity contribution in [3.63, 3.8) is 0 Å². The quantitative estimate of drug-likeness (QED) is 0.795. The lowest BCUT2D eigenvalue weighted by molar-refractivity contribution is -0.149. The first-order valence-electron chi connectivity index (χ1n) is 6.81. The molecule has 1 aromatic heterocycles. The third-order valence-corrected chi connectivity index (χ3v) is 3.95. The molecule has 6 nitrogen and oxygen atoms in total. The van der Waals surface area contributed by atoms with Crippen molar-refractivity contribution in [2.24, 2.45) is 0 Å². The molecule has 24 heavy (non-hydrogen) atoms. The summed E-state index contributed by atoms with van der Waals surface area (Å²) in [7, 11) is 0. The first-order valence-corrected chi connectivity index (χ1v) is 8.07. The summed E-state index contributed by atoms with van der Waals surface area (Å²) in [5.74, 6) is -0.686. The highest BCUT2D eigenvalue weighted by Gasteiger charge is 2.12. The Hall–Kier alpha value is -2.56. The van der Waals surface area contributed by atoms with Gasteiger partial charge in [0.1, 0.15) is 16.8 Å². The highest BCUT2D eigenvalue weighted by Crippen LogP contribution is 2.22. The van der Waals surface area contributed by atoms with Crippen molar-refractivity contribution in [3.05, 3.63) is 45.8 Å². The number of benzene rings is 1. The zero-order valence-electron chi connectivity index (χ0n) is 12.7. The van der Waals surface area contributed by atoms with Gasteiger partial charge in [-0.25, -0.2) is 4.79 Å². The summed E-state index contributed by atoms with van der Waals surface area (Å²) in [5.41, 5.74) is 1.15. The summed E-state index contributed by atoms with van der Waals surface area (Å²) >= 11 is 7.05. The second-order valence-electron chi connectivity index (χ2n) is 4.68. The molecular weight excluding hydrogens is 352 g/mol. The molecule has 0 spiro atoms. The van der Waals surface area contributed by atoms with E-state index < -0.39 is 18.5 Å². The highest BCUT2D eigenvalue weighted by molar-refractivity contribution is 7.14. The lowest BCUT2D eigenvalue weighted by Crippen LogP contribution is -2.23. The van der Waals surface area contributed by atoms with E-state index in [0.29, 0.717) is 21.3 Å². The van der Waals surface area contributed by atoms with E-state index in [0.717, 1.165) is 5.56 Å². The Bertz CT molecular complexity index is 798. The number of nitrogens with zero attached hydrogens (tertiary/aromatic N) is 1. The summed E-state index contributed by atoms with van der Waals surface area (Å²) < 4.78 is 10.2. The number of ether oxygens (including phenoxy) is 2. The van der Waals surface area contributed by atoms with E-state index in [2.05, 4.69) is 5.32 Å². The topological polar surface area (TPSA) is 88.4 Å². The van der Waals surface area contributed by atoms with Crippen molar-refractivity contribution in [1.29, 1.82) is 5.26 Å². The van der Waals surface area contributed by atoms with Gasteiger partial charge in [0, 0.05) is 5.02 Å². The van der Waals surface area contributed by atoms with Gasteiger partial charge in [-0.15, -0.1) is 11.3 Å². The Morgan fingerprint density at radius 3 is 2.83 bits per heavy atom. The summed E-state index contributed by atoms with van der Waals surface area (Å²) in [6, 6.07) is 8.56. The molecule has 0 saturated carbocycles. The standard InChI is InChI=1S/C16H13ClN2O4S/c1-10-6-12(17)2-3-13(10)22-9-15(21)23-8-14(20)19-16-11(7-18)4-5-24-16/h2-6H,8-9H2,1H3,(H,19,20). The second-order valence-corrected chi connectivity index (χ2v) is 6.04. The monoisotopic (exact) mass is 364 g/mol. The van der Waals surface area contributed by atoms with Crippen LogP contribution in [0.25, 0.3) is 0 Å². The number of esters is 1. The molecule has 124 valence electrons. The number of anilines is 1. The third-order valence-electron chi connectivity index (χ3n) is 2.89. The maximum absolute atomic E-state index is 11.7. The van der Waals surface area contributed by atoms with E-state index in [4.69, 9.17) is 26.3 Å². The zero-order chi connectivity index (χ0) is 17.5. The molecule has 0 unspecified atom stereocenters. The number of nitrogens with one attached hydrogen (secondary N) is 1. The predicted molar refractivity (Wildman–Crippen MR) is 90.3 cm³/mol. The van der Waals surface area contributed by atoms with Crippen LogP contribution >= 0.6 is 22.9 Å². The molecule has 0 atom stereocenters. The molecule has 2 rings (SSSR count). The fourth-order valence-electron chi connectivity index (χ4n) is 1.76. The maximum atomic E-state index is 11.7. The van der Waals surface area contributed by atoms with Gasteiger partial charge in [0.05, 0.1) is 5.56 Å². The molecule has 0 radical (unpaired) electrons. The van der Waals surface area contributed by atoms with Crippen LogP contribution in [0, 0.1) is 18.3 Å². The third kappa shape index (κ3) is 4.98. The molecule has 2 aromatic rings. The minimum Gasteiger partial charge on any atom is -0.482 e. The van der Waals surface area contributed by atoms with Crippen LogP contribution in [0.15, 0.2) is 29.6 Å². The number of nitriles is 1. The molecule has 0 aliphatic rings. The molecule has 1 aromatic carbocycles. The van der Waals surface area contributed by atoms with Crippen LogP contribution < -0.4 is 10.1 Å². The number of halogens is 1. The molecule has 0 saturated heterocycles. The molecule has 8 heteroatoms. The van der Waals surface area contributed by atoms with Gasteiger partial charge in [0.25, 0.3) is 5.91 Å². The Kier molecular flexibility index (Phi) is 6.18. The zero-order valence-corrected chi connectivity index (χ0v) is 14.2. The number of aryl methyl sites for hydroxylation is 1. The van der Waals surface area contributed by atoms with Gasteiger partial charge in [0.2, 0.25) is 0 Å². The van der Waals surface area contributed by atoms with Crippen LogP contribution in [0.5, 0.6) is 5.75 Å². The number of hydrogen-bond acceptors (Lipinski definition) is 6. The van der Waals surface area contributed by atoms with Gasteiger partial charge < -0.3 is 14.8 Å². The molecule has 0 aliphatic heterocycles.